The van der Waals surface area contributed by atoms with Crippen molar-refractivity contribution in [3.05, 3.63) is 68.8 Å². The molecular weight excluding hydrogens is 387 g/mol. The third kappa shape index (κ3) is 2.74. The van der Waals surface area contributed by atoms with Gasteiger partial charge in [-0.1, -0.05) is 40.9 Å². The molecule has 0 spiro atoms. The first kappa shape index (κ1) is 18.3. The van der Waals surface area contributed by atoms with Crippen LogP contribution in [-0.2, 0) is 6.42 Å². The maximum absolute atomic E-state index is 6.26. The monoisotopic (exact) mass is 410 g/mol. The Bertz CT molecular complexity index is 1130. The first-order chi connectivity index (χ1) is 13.4. The van der Waals surface area contributed by atoms with Gasteiger partial charge >= 0.3 is 0 Å². The predicted octanol–water partition coefficient (Wildman–Crippen LogP) is 6.97. The molecular formula is C24H24Cl2N2. The Hall–Kier alpha value is -1.74. The minimum Gasteiger partial charge on any atom is -0.320 e. The average molecular weight is 411 g/mol. The Morgan fingerprint density at radius 3 is 2.68 bits per heavy atom. The standard InChI is InChI=1S/C24H24Cl2N2/c1-14-4-8-21-18(10-14)24-22-9-6-17(27(22)3)12-23(24)28(21)13-15(2)16-5-7-19(25)20(26)11-16/h4-5,7-8,10-11,13,17,22H,6,9,12H2,1-3H3. The number of hydrogen-bond donors (Lipinski definition) is 0. The number of nitrogens with zero attached hydrogens (tertiary/aromatic N) is 2. The van der Waals surface area contributed by atoms with Crippen molar-refractivity contribution < 1.29 is 0 Å². The van der Waals surface area contributed by atoms with Gasteiger partial charge in [0.15, 0.2) is 0 Å². The highest BCUT2D eigenvalue weighted by atomic mass is 35.5. The van der Waals surface area contributed by atoms with Crippen LogP contribution in [0.1, 0.15) is 48.2 Å². The Balaban J connectivity index is 1.72. The maximum atomic E-state index is 6.26. The summed E-state index contributed by atoms with van der Waals surface area (Å²) in [6, 6.07) is 13.9. The molecule has 3 heterocycles. The molecule has 2 aliphatic rings. The van der Waals surface area contributed by atoms with Gasteiger partial charge in [-0.25, -0.2) is 0 Å². The van der Waals surface area contributed by atoms with E-state index in [4.69, 9.17) is 23.2 Å². The summed E-state index contributed by atoms with van der Waals surface area (Å²) in [5.74, 6) is 0. The molecule has 2 aromatic carbocycles. The summed E-state index contributed by atoms with van der Waals surface area (Å²) in [5, 5.41) is 2.60. The normalized spacial score (nSPS) is 22.1. The van der Waals surface area contributed by atoms with Crippen molar-refractivity contribution in [1.29, 1.82) is 0 Å². The molecule has 1 aromatic heterocycles. The first-order valence-electron chi connectivity index (χ1n) is 9.93. The lowest BCUT2D eigenvalue weighted by atomic mass is 9.97. The SMILES string of the molecule is CC(=Cn1c2c(c3cc(C)ccc31)C1CCC(C2)N1C)c1ccc(Cl)c(Cl)c1. The van der Waals surface area contributed by atoms with Crippen LogP contribution in [0.2, 0.25) is 10.0 Å². The Morgan fingerprint density at radius 1 is 1.07 bits per heavy atom. The van der Waals surface area contributed by atoms with E-state index >= 15 is 0 Å². The number of aromatic nitrogens is 1. The first-order valence-corrected chi connectivity index (χ1v) is 10.7. The molecule has 0 aliphatic carbocycles. The molecule has 2 unspecified atom stereocenters. The molecule has 0 amide bonds. The van der Waals surface area contributed by atoms with Gasteiger partial charge in [-0.15, -0.1) is 0 Å². The number of benzene rings is 2. The summed E-state index contributed by atoms with van der Waals surface area (Å²) >= 11 is 12.4. The van der Waals surface area contributed by atoms with Crippen molar-refractivity contribution in [2.24, 2.45) is 0 Å². The fourth-order valence-electron chi connectivity index (χ4n) is 5.07. The van der Waals surface area contributed by atoms with E-state index in [1.54, 1.807) is 0 Å². The molecule has 28 heavy (non-hydrogen) atoms. The Kier molecular flexibility index (Phi) is 4.35. The maximum Gasteiger partial charge on any atom is 0.0598 e. The minimum absolute atomic E-state index is 0.540. The topological polar surface area (TPSA) is 8.17 Å². The molecule has 144 valence electrons. The third-order valence-corrected chi connectivity index (χ3v) is 7.34. The van der Waals surface area contributed by atoms with Crippen LogP contribution < -0.4 is 0 Å². The van der Waals surface area contributed by atoms with E-state index in [-0.39, 0.29) is 0 Å². The van der Waals surface area contributed by atoms with E-state index in [0.717, 1.165) is 12.0 Å². The third-order valence-electron chi connectivity index (χ3n) is 6.60. The van der Waals surface area contributed by atoms with Gasteiger partial charge in [0.1, 0.15) is 0 Å². The summed E-state index contributed by atoms with van der Waals surface area (Å²) in [6.45, 7) is 4.33. The lowest BCUT2D eigenvalue weighted by Crippen LogP contribution is -2.34. The zero-order valence-corrected chi connectivity index (χ0v) is 18.0. The van der Waals surface area contributed by atoms with Crippen LogP contribution in [0.4, 0.5) is 0 Å². The quantitative estimate of drug-likeness (QED) is 0.442. The Morgan fingerprint density at radius 2 is 1.89 bits per heavy atom. The van der Waals surface area contributed by atoms with E-state index < -0.39 is 0 Å². The highest BCUT2D eigenvalue weighted by Gasteiger charge is 2.40. The number of aryl methyl sites for hydroxylation is 1. The predicted molar refractivity (Wildman–Crippen MR) is 120 cm³/mol. The fraction of sp³-hybridized carbons (Fsp3) is 0.333. The van der Waals surface area contributed by atoms with Gasteiger partial charge in [-0.2, -0.15) is 0 Å². The molecule has 2 nitrogen and oxygen atoms in total. The van der Waals surface area contributed by atoms with Crippen LogP contribution >= 0.6 is 23.2 Å². The van der Waals surface area contributed by atoms with Crippen molar-refractivity contribution in [3.8, 4) is 0 Å². The van der Waals surface area contributed by atoms with Crippen molar-refractivity contribution >= 4 is 45.9 Å². The number of likely N-dealkylation sites (N-methyl/N-ethyl adjacent to an activating group) is 1. The molecule has 0 saturated carbocycles. The second-order valence-electron chi connectivity index (χ2n) is 8.31. The lowest BCUT2D eigenvalue weighted by molar-refractivity contribution is 0.223. The van der Waals surface area contributed by atoms with Crippen LogP contribution in [0.3, 0.4) is 0 Å². The molecule has 1 fully saturated rings. The fourth-order valence-corrected chi connectivity index (χ4v) is 5.37. The second kappa shape index (κ2) is 6.66. The molecule has 0 N–H and O–H groups in total. The van der Waals surface area contributed by atoms with Gasteiger partial charge < -0.3 is 4.57 Å². The number of fused-ring (bicyclic) bond motifs is 6. The van der Waals surface area contributed by atoms with Crippen LogP contribution in [0, 0.1) is 6.92 Å². The van der Waals surface area contributed by atoms with Gasteiger partial charge in [0, 0.05) is 35.8 Å². The van der Waals surface area contributed by atoms with E-state index in [0.29, 0.717) is 22.1 Å². The molecule has 1 saturated heterocycles. The summed E-state index contributed by atoms with van der Waals surface area (Å²) < 4.78 is 2.43. The molecule has 0 radical (unpaired) electrons. The number of halogens is 2. The minimum atomic E-state index is 0.540. The lowest BCUT2D eigenvalue weighted by Gasteiger charge is -2.32. The van der Waals surface area contributed by atoms with Crippen LogP contribution in [-0.4, -0.2) is 22.6 Å². The van der Waals surface area contributed by atoms with Crippen LogP contribution in [0.5, 0.6) is 0 Å². The highest BCUT2D eigenvalue weighted by Crippen LogP contribution is 2.47. The van der Waals surface area contributed by atoms with E-state index in [1.165, 1.54) is 46.1 Å². The summed E-state index contributed by atoms with van der Waals surface area (Å²) in [5.41, 5.74) is 7.92. The summed E-state index contributed by atoms with van der Waals surface area (Å²) in [4.78, 5) is 2.59. The molecule has 2 bridgehead atoms. The van der Waals surface area contributed by atoms with Crippen molar-refractivity contribution in [2.45, 2.75) is 45.2 Å². The smallest absolute Gasteiger partial charge is 0.0598 e. The van der Waals surface area contributed by atoms with Crippen LogP contribution in [0.25, 0.3) is 22.7 Å². The van der Waals surface area contributed by atoms with Crippen molar-refractivity contribution in [3.63, 3.8) is 0 Å². The van der Waals surface area contributed by atoms with Crippen LogP contribution in [0.15, 0.2) is 36.4 Å². The number of rotatable bonds is 2. The number of hydrogen-bond acceptors (Lipinski definition) is 1. The van der Waals surface area contributed by atoms with E-state index in [9.17, 15) is 0 Å². The summed E-state index contributed by atoms with van der Waals surface area (Å²) in [6.07, 6.45) is 5.94. The molecule has 4 heteroatoms. The Labute approximate surface area is 176 Å². The van der Waals surface area contributed by atoms with Crippen molar-refractivity contribution in [1.82, 2.24) is 9.47 Å². The molecule has 3 aromatic rings. The number of allylic oxidation sites excluding steroid dienone is 1. The van der Waals surface area contributed by atoms with E-state index in [2.05, 4.69) is 54.8 Å². The van der Waals surface area contributed by atoms with Gasteiger partial charge in [0.05, 0.1) is 15.6 Å². The van der Waals surface area contributed by atoms with Gasteiger partial charge in [0.25, 0.3) is 0 Å². The molecule has 2 atom stereocenters. The summed E-state index contributed by atoms with van der Waals surface area (Å²) in [7, 11) is 2.29. The van der Waals surface area contributed by atoms with Gasteiger partial charge in [-0.3, -0.25) is 4.90 Å². The molecule has 2 aliphatic heterocycles. The zero-order chi connectivity index (χ0) is 19.6. The largest absolute Gasteiger partial charge is 0.320 e. The van der Waals surface area contributed by atoms with E-state index in [1.807, 2.05) is 18.2 Å². The highest BCUT2D eigenvalue weighted by molar-refractivity contribution is 6.42. The van der Waals surface area contributed by atoms with Crippen molar-refractivity contribution in [2.75, 3.05) is 7.05 Å². The average Bonchev–Trinajstić information content (AvgIpc) is 3.07. The second-order valence-corrected chi connectivity index (χ2v) is 9.12. The molecule has 5 rings (SSSR count). The van der Waals surface area contributed by atoms with Gasteiger partial charge in [0.2, 0.25) is 0 Å². The van der Waals surface area contributed by atoms with Gasteiger partial charge in [-0.05, 0) is 74.7 Å². The zero-order valence-electron chi connectivity index (χ0n) is 16.5.